The molecule has 2 aromatic rings. The second-order valence-electron chi connectivity index (χ2n) is 6.54. The number of nitrogens with one attached hydrogen (secondary N) is 1. The van der Waals surface area contributed by atoms with Gasteiger partial charge in [0.2, 0.25) is 0 Å². The molecule has 0 radical (unpaired) electrons. The third-order valence-corrected chi connectivity index (χ3v) is 4.89. The van der Waals surface area contributed by atoms with Crippen LogP contribution in [0.5, 0.6) is 5.75 Å². The van der Waals surface area contributed by atoms with E-state index in [9.17, 15) is 18.0 Å². The first-order chi connectivity index (χ1) is 12.8. The Balaban J connectivity index is 1.72. The van der Waals surface area contributed by atoms with Gasteiger partial charge in [-0.3, -0.25) is 4.79 Å². The van der Waals surface area contributed by atoms with Crippen molar-refractivity contribution in [2.24, 2.45) is 0 Å². The van der Waals surface area contributed by atoms with Gasteiger partial charge in [-0.25, -0.2) is 0 Å². The minimum absolute atomic E-state index is 0.0160. The van der Waals surface area contributed by atoms with Crippen LogP contribution in [0.3, 0.4) is 0 Å². The van der Waals surface area contributed by atoms with E-state index in [0.29, 0.717) is 5.75 Å². The molecule has 2 aromatic carbocycles. The van der Waals surface area contributed by atoms with Crippen LogP contribution in [0.2, 0.25) is 5.02 Å². The Morgan fingerprint density at radius 2 is 1.93 bits per heavy atom. The highest BCUT2D eigenvalue weighted by atomic mass is 35.5. The van der Waals surface area contributed by atoms with E-state index in [1.807, 2.05) is 12.1 Å². The molecule has 1 amide bonds. The van der Waals surface area contributed by atoms with Crippen LogP contribution in [0.15, 0.2) is 36.4 Å². The average Bonchev–Trinajstić information content (AvgIpc) is 2.62. The summed E-state index contributed by atoms with van der Waals surface area (Å²) < 4.78 is 44.7. The van der Waals surface area contributed by atoms with Crippen LogP contribution in [0.4, 0.5) is 18.9 Å². The first kappa shape index (κ1) is 19.5. The molecule has 0 fully saturated rings. The average molecular weight is 398 g/mol. The summed E-state index contributed by atoms with van der Waals surface area (Å²) in [6.45, 7) is 1.57. The van der Waals surface area contributed by atoms with Crippen molar-refractivity contribution in [2.75, 3.05) is 5.32 Å². The first-order valence-electron chi connectivity index (χ1n) is 8.71. The maximum absolute atomic E-state index is 13.0. The van der Waals surface area contributed by atoms with Crippen LogP contribution >= 0.6 is 11.6 Å². The molecule has 1 aliphatic carbocycles. The molecule has 0 heterocycles. The Kier molecular flexibility index (Phi) is 5.65. The quantitative estimate of drug-likeness (QED) is 0.724. The predicted molar refractivity (Wildman–Crippen MR) is 98.3 cm³/mol. The number of ether oxygens (including phenoxy) is 1. The van der Waals surface area contributed by atoms with Gasteiger partial charge in [-0.05, 0) is 68.0 Å². The van der Waals surface area contributed by atoms with Crippen LogP contribution in [0.25, 0.3) is 0 Å². The molecule has 0 spiro atoms. The fraction of sp³-hybridized carbons (Fsp3) is 0.350. The highest BCUT2D eigenvalue weighted by molar-refractivity contribution is 6.31. The molecule has 1 atom stereocenters. The summed E-state index contributed by atoms with van der Waals surface area (Å²) in [7, 11) is 0. The molecule has 7 heteroatoms. The van der Waals surface area contributed by atoms with Gasteiger partial charge in [0.25, 0.3) is 5.91 Å². The highest BCUT2D eigenvalue weighted by Crippen LogP contribution is 2.36. The largest absolute Gasteiger partial charge is 0.481 e. The van der Waals surface area contributed by atoms with Gasteiger partial charge in [-0.15, -0.1) is 0 Å². The maximum Gasteiger partial charge on any atom is 0.417 e. The minimum Gasteiger partial charge on any atom is -0.481 e. The summed E-state index contributed by atoms with van der Waals surface area (Å²) in [5, 5.41) is 2.04. The summed E-state index contributed by atoms with van der Waals surface area (Å²) in [5.41, 5.74) is 1.35. The van der Waals surface area contributed by atoms with Gasteiger partial charge in [0.1, 0.15) is 5.75 Å². The Morgan fingerprint density at radius 3 is 2.67 bits per heavy atom. The van der Waals surface area contributed by atoms with E-state index in [2.05, 4.69) is 11.4 Å². The van der Waals surface area contributed by atoms with Crippen molar-refractivity contribution in [2.45, 2.75) is 44.9 Å². The molecule has 1 aliphatic rings. The number of amides is 1. The standard InChI is InChI=1S/C20H19ClF3NO2/c1-12(27-18-8-4-6-13-5-2-3-7-15(13)18)19(26)25-14-9-10-17(21)16(11-14)20(22,23)24/h4,6,8-12H,2-3,5,7H2,1H3,(H,25,26)/t12-/m0/s1. The normalized spacial score (nSPS) is 15.0. The van der Waals surface area contributed by atoms with Crippen LogP contribution in [0, 0.1) is 0 Å². The third-order valence-electron chi connectivity index (χ3n) is 4.57. The Morgan fingerprint density at radius 1 is 1.19 bits per heavy atom. The lowest BCUT2D eigenvalue weighted by atomic mass is 9.91. The van der Waals surface area contributed by atoms with Crippen molar-refractivity contribution < 1.29 is 22.7 Å². The van der Waals surface area contributed by atoms with Crippen molar-refractivity contribution in [3.63, 3.8) is 0 Å². The third kappa shape index (κ3) is 4.56. The van der Waals surface area contributed by atoms with E-state index < -0.39 is 28.8 Å². The van der Waals surface area contributed by atoms with E-state index in [1.54, 1.807) is 6.92 Å². The van der Waals surface area contributed by atoms with Gasteiger partial charge >= 0.3 is 6.18 Å². The van der Waals surface area contributed by atoms with Gasteiger partial charge in [-0.1, -0.05) is 23.7 Å². The molecule has 3 rings (SSSR count). The second-order valence-corrected chi connectivity index (χ2v) is 6.95. The fourth-order valence-electron chi connectivity index (χ4n) is 3.16. The fourth-order valence-corrected chi connectivity index (χ4v) is 3.39. The van der Waals surface area contributed by atoms with Crippen LogP contribution in [0.1, 0.15) is 36.5 Å². The van der Waals surface area contributed by atoms with Gasteiger partial charge < -0.3 is 10.1 Å². The Hall–Kier alpha value is -2.21. The lowest BCUT2D eigenvalue weighted by Gasteiger charge is -2.22. The number of carbonyl (C=O) groups is 1. The van der Waals surface area contributed by atoms with Gasteiger partial charge in [0.05, 0.1) is 10.6 Å². The van der Waals surface area contributed by atoms with Gasteiger partial charge in [0.15, 0.2) is 6.10 Å². The van der Waals surface area contributed by atoms with Crippen LogP contribution in [-0.4, -0.2) is 12.0 Å². The molecular weight excluding hydrogens is 379 g/mol. The minimum atomic E-state index is -4.59. The molecule has 0 aliphatic heterocycles. The summed E-state index contributed by atoms with van der Waals surface area (Å²) in [6, 6.07) is 9.01. The zero-order valence-corrected chi connectivity index (χ0v) is 15.5. The number of benzene rings is 2. The Bertz CT molecular complexity index is 852. The summed E-state index contributed by atoms with van der Waals surface area (Å²) in [4.78, 5) is 12.4. The zero-order chi connectivity index (χ0) is 19.6. The number of rotatable bonds is 4. The van der Waals surface area contributed by atoms with E-state index in [-0.39, 0.29) is 5.69 Å². The number of aryl methyl sites for hydroxylation is 1. The first-order valence-corrected chi connectivity index (χ1v) is 9.08. The van der Waals surface area contributed by atoms with Crippen LogP contribution < -0.4 is 10.1 Å². The molecule has 0 saturated heterocycles. The lowest BCUT2D eigenvalue weighted by Crippen LogP contribution is -2.30. The SMILES string of the molecule is C[C@H](Oc1cccc2c1CCCC2)C(=O)Nc1ccc(Cl)c(C(F)(F)F)c1. The number of carbonyl (C=O) groups excluding carboxylic acids is 1. The van der Waals surface area contributed by atoms with Crippen molar-refractivity contribution in [3.8, 4) is 5.75 Å². The molecule has 1 N–H and O–H groups in total. The molecule has 27 heavy (non-hydrogen) atoms. The molecule has 0 bridgehead atoms. The summed E-state index contributed by atoms with van der Waals surface area (Å²) in [5.74, 6) is 0.126. The highest BCUT2D eigenvalue weighted by Gasteiger charge is 2.33. The van der Waals surface area contributed by atoms with Crippen molar-refractivity contribution >= 4 is 23.2 Å². The van der Waals surface area contributed by atoms with E-state index in [0.717, 1.165) is 43.4 Å². The van der Waals surface area contributed by atoms with Crippen molar-refractivity contribution in [1.29, 1.82) is 0 Å². The molecule has 0 aromatic heterocycles. The van der Waals surface area contributed by atoms with E-state index >= 15 is 0 Å². The second kappa shape index (κ2) is 7.80. The molecule has 0 unspecified atom stereocenters. The van der Waals surface area contributed by atoms with Crippen molar-refractivity contribution in [1.82, 2.24) is 0 Å². The number of halogens is 4. The molecule has 0 saturated carbocycles. The summed E-state index contributed by atoms with van der Waals surface area (Å²) in [6.07, 6.45) is -1.38. The number of fused-ring (bicyclic) bond motifs is 1. The smallest absolute Gasteiger partial charge is 0.417 e. The number of anilines is 1. The van der Waals surface area contributed by atoms with E-state index in [1.165, 1.54) is 11.6 Å². The number of alkyl halides is 3. The topological polar surface area (TPSA) is 38.3 Å². The van der Waals surface area contributed by atoms with Gasteiger partial charge in [-0.2, -0.15) is 13.2 Å². The molecule has 144 valence electrons. The van der Waals surface area contributed by atoms with Crippen LogP contribution in [-0.2, 0) is 23.8 Å². The molecule has 3 nitrogen and oxygen atoms in total. The van der Waals surface area contributed by atoms with E-state index in [4.69, 9.17) is 16.3 Å². The predicted octanol–water partition coefficient (Wildman–Crippen LogP) is 5.64. The lowest BCUT2D eigenvalue weighted by molar-refractivity contribution is -0.137. The number of hydrogen-bond donors (Lipinski definition) is 1. The Labute approximate surface area is 160 Å². The summed E-state index contributed by atoms with van der Waals surface area (Å²) >= 11 is 5.60. The molecular formula is C20H19ClF3NO2. The van der Waals surface area contributed by atoms with Gasteiger partial charge in [0, 0.05) is 5.69 Å². The van der Waals surface area contributed by atoms with Crippen molar-refractivity contribution in [3.05, 3.63) is 58.1 Å². The number of hydrogen-bond acceptors (Lipinski definition) is 2. The monoisotopic (exact) mass is 397 g/mol. The zero-order valence-electron chi connectivity index (χ0n) is 14.7. The maximum atomic E-state index is 13.0.